The van der Waals surface area contributed by atoms with Crippen molar-refractivity contribution in [3.05, 3.63) is 29.8 Å². The van der Waals surface area contributed by atoms with Crippen LogP contribution in [0.25, 0.3) is 0 Å². The van der Waals surface area contributed by atoms with Crippen molar-refractivity contribution in [3.8, 4) is 0 Å². The number of nitrogens with zero attached hydrogens (tertiary/aromatic N) is 2. The third-order valence-corrected chi connectivity index (χ3v) is 3.19. The molecule has 0 fully saturated rings. The van der Waals surface area contributed by atoms with Gasteiger partial charge in [0.15, 0.2) is 0 Å². The number of rotatable bonds is 4. The monoisotopic (exact) mass is 306 g/mol. The maximum atomic E-state index is 12.4. The molecule has 1 aromatic carbocycles. The number of hydrogen-bond acceptors (Lipinski definition) is 3. The van der Waals surface area contributed by atoms with Crippen LogP contribution >= 0.6 is 0 Å². The van der Waals surface area contributed by atoms with E-state index in [0.29, 0.717) is 0 Å². The van der Waals surface area contributed by atoms with Gasteiger partial charge in [0.2, 0.25) is 5.91 Å². The van der Waals surface area contributed by atoms with Gasteiger partial charge in [-0.25, -0.2) is 4.79 Å². The quantitative estimate of drug-likeness (QED) is 0.859. The Labute approximate surface area is 132 Å². The van der Waals surface area contributed by atoms with Crippen molar-refractivity contribution in [1.29, 1.82) is 0 Å². The fourth-order valence-corrected chi connectivity index (χ4v) is 1.98. The summed E-state index contributed by atoms with van der Waals surface area (Å²) in [5, 5.41) is 0. The van der Waals surface area contributed by atoms with Crippen molar-refractivity contribution in [3.63, 3.8) is 0 Å². The van der Waals surface area contributed by atoms with Crippen molar-refractivity contribution >= 4 is 17.7 Å². The molecule has 0 aliphatic heterocycles. The van der Waals surface area contributed by atoms with Gasteiger partial charge in [0.25, 0.3) is 0 Å². The van der Waals surface area contributed by atoms with Crippen molar-refractivity contribution < 1.29 is 14.3 Å². The molecule has 0 saturated carbocycles. The molecule has 0 radical (unpaired) electrons. The van der Waals surface area contributed by atoms with Crippen molar-refractivity contribution in [2.24, 2.45) is 0 Å². The molecule has 0 aromatic heterocycles. The van der Waals surface area contributed by atoms with Crippen LogP contribution in [0, 0.1) is 0 Å². The molecule has 0 unspecified atom stereocenters. The van der Waals surface area contributed by atoms with Crippen molar-refractivity contribution in [2.45, 2.75) is 39.7 Å². The molecule has 5 nitrogen and oxygen atoms in total. The van der Waals surface area contributed by atoms with Gasteiger partial charge in [-0.1, -0.05) is 25.1 Å². The molecule has 0 heterocycles. The van der Waals surface area contributed by atoms with Gasteiger partial charge in [-0.3, -0.25) is 4.79 Å². The van der Waals surface area contributed by atoms with E-state index in [1.54, 1.807) is 39.8 Å². The van der Waals surface area contributed by atoms with Crippen LogP contribution in [-0.2, 0) is 16.0 Å². The highest BCUT2D eigenvalue weighted by atomic mass is 16.6. The highest BCUT2D eigenvalue weighted by Gasteiger charge is 2.23. The number of aryl methyl sites for hydroxylation is 1. The lowest BCUT2D eigenvalue weighted by atomic mass is 10.1. The van der Waals surface area contributed by atoms with Crippen molar-refractivity contribution in [1.82, 2.24) is 4.90 Å². The lowest BCUT2D eigenvalue weighted by Crippen LogP contribution is -2.41. The summed E-state index contributed by atoms with van der Waals surface area (Å²) in [6.07, 6.45) is 0.341. The Morgan fingerprint density at radius 1 is 1.14 bits per heavy atom. The van der Waals surface area contributed by atoms with E-state index in [1.165, 1.54) is 4.90 Å². The van der Waals surface area contributed by atoms with E-state index < -0.39 is 11.7 Å². The Morgan fingerprint density at radius 2 is 1.73 bits per heavy atom. The molecule has 0 aliphatic rings. The first-order chi connectivity index (χ1) is 10.2. The molecule has 22 heavy (non-hydrogen) atoms. The van der Waals surface area contributed by atoms with Crippen LogP contribution in [0.4, 0.5) is 10.5 Å². The number of ether oxygens (including phenoxy) is 1. The average molecular weight is 306 g/mol. The molecule has 0 bridgehead atoms. The second-order valence-electron chi connectivity index (χ2n) is 6.27. The molecule has 5 heteroatoms. The predicted octanol–water partition coefficient (Wildman–Crippen LogP) is 3.08. The van der Waals surface area contributed by atoms with Gasteiger partial charge < -0.3 is 14.5 Å². The zero-order valence-corrected chi connectivity index (χ0v) is 14.3. The third kappa shape index (κ3) is 5.06. The highest BCUT2D eigenvalue weighted by molar-refractivity contribution is 5.96. The second kappa shape index (κ2) is 7.29. The van der Waals surface area contributed by atoms with E-state index in [1.807, 2.05) is 31.2 Å². The number of para-hydroxylation sites is 1. The first kappa shape index (κ1) is 18.0. The molecule has 0 N–H and O–H groups in total. The normalized spacial score (nSPS) is 11.0. The van der Waals surface area contributed by atoms with Crippen molar-refractivity contribution in [2.75, 3.05) is 25.5 Å². The standard InChI is InChI=1S/C17H26N2O3/c1-7-13-10-8-9-11-14(13)19(6)15(20)12-18(5)16(21)22-17(2,3)4/h8-11H,7,12H2,1-6H3. The maximum absolute atomic E-state index is 12.4. The Morgan fingerprint density at radius 3 is 2.27 bits per heavy atom. The number of likely N-dealkylation sites (N-methyl/N-ethyl adjacent to an activating group) is 2. The van der Waals surface area contributed by atoms with E-state index in [4.69, 9.17) is 4.74 Å². The van der Waals surface area contributed by atoms with Crippen LogP contribution in [0.15, 0.2) is 24.3 Å². The van der Waals surface area contributed by atoms with Gasteiger partial charge >= 0.3 is 6.09 Å². The zero-order chi connectivity index (χ0) is 16.9. The lowest BCUT2D eigenvalue weighted by Gasteiger charge is -2.26. The number of carbonyl (C=O) groups excluding carboxylic acids is 2. The molecule has 122 valence electrons. The van der Waals surface area contributed by atoms with Gasteiger partial charge in [-0.2, -0.15) is 0 Å². The smallest absolute Gasteiger partial charge is 0.410 e. The molecule has 0 spiro atoms. The number of anilines is 1. The summed E-state index contributed by atoms with van der Waals surface area (Å²) in [7, 11) is 3.28. The topological polar surface area (TPSA) is 49.9 Å². The third-order valence-electron chi connectivity index (χ3n) is 3.19. The molecular weight excluding hydrogens is 280 g/mol. The fraction of sp³-hybridized carbons (Fsp3) is 0.529. The van der Waals surface area contributed by atoms with Crippen LogP contribution in [0.1, 0.15) is 33.3 Å². The lowest BCUT2D eigenvalue weighted by molar-refractivity contribution is -0.119. The Hall–Kier alpha value is -2.04. The fourth-order valence-electron chi connectivity index (χ4n) is 1.98. The molecule has 0 atom stereocenters. The summed E-state index contributed by atoms with van der Waals surface area (Å²) in [6.45, 7) is 7.41. The molecule has 0 saturated heterocycles. The Balaban J connectivity index is 2.74. The number of amides is 2. The van der Waals surface area contributed by atoms with Gasteiger partial charge in [0.05, 0.1) is 0 Å². The average Bonchev–Trinajstić information content (AvgIpc) is 2.44. The summed E-state index contributed by atoms with van der Waals surface area (Å²) in [5.74, 6) is -0.158. The van der Waals surface area contributed by atoms with Gasteiger partial charge in [-0.05, 0) is 38.8 Å². The molecular formula is C17H26N2O3. The first-order valence-electron chi connectivity index (χ1n) is 7.44. The minimum absolute atomic E-state index is 0.0243. The first-order valence-corrected chi connectivity index (χ1v) is 7.44. The largest absolute Gasteiger partial charge is 0.444 e. The number of carbonyl (C=O) groups is 2. The SMILES string of the molecule is CCc1ccccc1N(C)C(=O)CN(C)C(=O)OC(C)(C)C. The molecule has 2 amide bonds. The maximum Gasteiger partial charge on any atom is 0.410 e. The van der Waals surface area contributed by atoms with E-state index >= 15 is 0 Å². The zero-order valence-electron chi connectivity index (χ0n) is 14.3. The Bertz CT molecular complexity index is 535. The van der Waals surface area contributed by atoms with Crippen LogP contribution in [-0.4, -0.2) is 43.1 Å². The van der Waals surface area contributed by atoms with Crippen LogP contribution < -0.4 is 4.90 Å². The predicted molar refractivity (Wildman–Crippen MR) is 88.1 cm³/mol. The van der Waals surface area contributed by atoms with Crippen LogP contribution in [0.2, 0.25) is 0 Å². The van der Waals surface area contributed by atoms with Crippen LogP contribution in [0.5, 0.6) is 0 Å². The minimum atomic E-state index is -0.574. The van der Waals surface area contributed by atoms with E-state index in [2.05, 4.69) is 0 Å². The summed E-state index contributed by atoms with van der Waals surface area (Å²) < 4.78 is 5.25. The molecule has 0 aliphatic carbocycles. The van der Waals surface area contributed by atoms with Gasteiger partial charge in [-0.15, -0.1) is 0 Å². The molecule has 1 aromatic rings. The Kier molecular flexibility index (Phi) is 5.97. The highest BCUT2D eigenvalue weighted by Crippen LogP contribution is 2.20. The number of benzene rings is 1. The van der Waals surface area contributed by atoms with Gasteiger partial charge in [0, 0.05) is 19.8 Å². The van der Waals surface area contributed by atoms with E-state index in [0.717, 1.165) is 17.7 Å². The summed E-state index contributed by atoms with van der Waals surface area (Å²) in [4.78, 5) is 27.2. The summed E-state index contributed by atoms with van der Waals surface area (Å²) >= 11 is 0. The van der Waals surface area contributed by atoms with E-state index in [9.17, 15) is 9.59 Å². The van der Waals surface area contributed by atoms with Gasteiger partial charge in [0.1, 0.15) is 12.1 Å². The van der Waals surface area contributed by atoms with Crippen LogP contribution in [0.3, 0.4) is 0 Å². The van der Waals surface area contributed by atoms with E-state index in [-0.39, 0.29) is 12.5 Å². The number of hydrogen-bond donors (Lipinski definition) is 0. The summed E-state index contributed by atoms with van der Waals surface area (Å²) in [5.41, 5.74) is 1.39. The minimum Gasteiger partial charge on any atom is -0.444 e. The summed E-state index contributed by atoms with van der Waals surface area (Å²) in [6, 6.07) is 7.75. The second-order valence-corrected chi connectivity index (χ2v) is 6.27. The molecule has 1 rings (SSSR count).